The summed E-state index contributed by atoms with van der Waals surface area (Å²) in [7, 11) is -3.50. The minimum absolute atomic E-state index is 0.269. The maximum Gasteiger partial charge on any atom is 0.243 e. The normalized spacial score (nSPS) is 22.8. The predicted octanol–water partition coefficient (Wildman–Crippen LogP) is 3.15. The van der Waals surface area contributed by atoms with Crippen molar-refractivity contribution >= 4 is 10.0 Å². The average molecular weight is 341 g/mol. The van der Waals surface area contributed by atoms with Gasteiger partial charge in [0.25, 0.3) is 0 Å². The average Bonchev–Trinajstić information content (AvgIpc) is 2.48. The predicted molar refractivity (Wildman–Crippen MR) is 90.5 cm³/mol. The van der Waals surface area contributed by atoms with Crippen LogP contribution in [-0.4, -0.2) is 39.0 Å². The van der Waals surface area contributed by atoms with Crippen LogP contribution in [0.15, 0.2) is 23.1 Å². The molecule has 23 heavy (non-hydrogen) atoms. The van der Waals surface area contributed by atoms with Crippen molar-refractivity contribution in [1.82, 2.24) is 4.31 Å². The molecule has 0 N–H and O–H groups in total. The summed E-state index contributed by atoms with van der Waals surface area (Å²) in [5.41, 5.74) is 0. The molecule has 2 atom stereocenters. The van der Waals surface area contributed by atoms with E-state index in [1.807, 2.05) is 13.8 Å². The molecule has 1 heterocycles. The molecule has 1 aromatic rings. The Morgan fingerprint density at radius 3 is 2.17 bits per heavy atom. The Morgan fingerprint density at radius 1 is 1.04 bits per heavy atom. The van der Waals surface area contributed by atoms with Gasteiger partial charge in [-0.3, -0.25) is 0 Å². The standard InChI is InChI=1S/C17H27NO4S/c1-5-21-16-8-7-15(10-17(16)22-6-2)23(19,20)18-11-13(3)9-14(4)12-18/h7-8,10,13-14H,5-6,9,11-12H2,1-4H3/t13-,14-/m0/s1. The Balaban J connectivity index is 2.33. The molecule has 0 spiro atoms. The molecule has 1 aliphatic heterocycles. The second-order valence-electron chi connectivity index (χ2n) is 6.24. The fourth-order valence-electron chi connectivity index (χ4n) is 3.14. The van der Waals surface area contributed by atoms with Gasteiger partial charge in [-0.1, -0.05) is 13.8 Å². The van der Waals surface area contributed by atoms with E-state index in [1.54, 1.807) is 22.5 Å². The summed E-state index contributed by atoms with van der Waals surface area (Å²) in [6.07, 6.45) is 1.07. The van der Waals surface area contributed by atoms with Gasteiger partial charge in [-0.05, 0) is 44.2 Å². The highest BCUT2D eigenvalue weighted by Gasteiger charge is 2.32. The zero-order valence-electron chi connectivity index (χ0n) is 14.4. The van der Waals surface area contributed by atoms with Gasteiger partial charge >= 0.3 is 0 Å². The minimum atomic E-state index is -3.50. The highest BCUT2D eigenvalue weighted by atomic mass is 32.2. The van der Waals surface area contributed by atoms with Crippen LogP contribution in [0.3, 0.4) is 0 Å². The van der Waals surface area contributed by atoms with E-state index in [9.17, 15) is 8.42 Å². The Bertz CT molecular complexity index is 619. The van der Waals surface area contributed by atoms with Gasteiger partial charge in [0, 0.05) is 19.2 Å². The van der Waals surface area contributed by atoms with Crippen molar-refractivity contribution in [3.05, 3.63) is 18.2 Å². The lowest BCUT2D eigenvalue weighted by Crippen LogP contribution is -2.42. The molecule has 1 aliphatic rings. The summed E-state index contributed by atoms with van der Waals surface area (Å²) < 4.78 is 38.5. The molecule has 5 nitrogen and oxygen atoms in total. The van der Waals surface area contributed by atoms with Crippen LogP contribution in [0.2, 0.25) is 0 Å². The van der Waals surface area contributed by atoms with E-state index in [0.29, 0.717) is 49.6 Å². The second kappa shape index (κ2) is 7.53. The third-order valence-corrected chi connectivity index (χ3v) is 5.82. The summed E-state index contributed by atoms with van der Waals surface area (Å²) in [5, 5.41) is 0. The van der Waals surface area contributed by atoms with E-state index in [-0.39, 0.29) is 4.90 Å². The number of rotatable bonds is 6. The molecular formula is C17H27NO4S. The molecule has 1 fully saturated rings. The molecule has 0 radical (unpaired) electrons. The minimum Gasteiger partial charge on any atom is -0.490 e. The Kier molecular flexibility index (Phi) is 5.92. The number of ether oxygens (including phenoxy) is 2. The Labute approximate surface area is 139 Å². The third kappa shape index (κ3) is 4.18. The lowest BCUT2D eigenvalue weighted by Gasteiger charge is -2.34. The van der Waals surface area contributed by atoms with Gasteiger partial charge < -0.3 is 9.47 Å². The molecular weight excluding hydrogens is 314 g/mol. The second-order valence-corrected chi connectivity index (χ2v) is 8.18. The van der Waals surface area contributed by atoms with E-state index in [0.717, 1.165) is 6.42 Å². The maximum absolute atomic E-state index is 12.9. The first-order valence-electron chi connectivity index (χ1n) is 8.28. The van der Waals surface area contributed by atoms with Crippen molar-refractivity contribution in [2.75, 3.05) is 26.3 Å². The van der Waals surface area contributed by atoms with Crippen LogP contribution in [0.25, 0.3) is 0 Å². The van der Waals surface area contributed by atoms with Crippen LogP contribution in [-0.2, 0) is 10.0 Å². The van der Waals surface area contributed by atoms with E-state index in [2.05, 4.69) is 13.8 Å². The molecule has 6 heteroatoms. The smallest absolute Gasteiger partial charge is 0.243 e. The molecule has 0 saturated carbocycles. The van der Waals surface area contributed by atoms with E-state index < -0.39 is 10.0 Å². The zero-order chi connectivity index (χ0) is 17.0. The first-order valence-corrected chi connectivity index (χ1v) is 9.72. The monoisotopic (exact) mass is 341 g/mol. The molecule has 1 saturated heterocycles. The van der Waals surface area contributed by atoms with Crippen LogP contribution >= 0.6 is 0 Å². The fraction of sp³-hybridized carbons (Fsp3) is 0.647. The first-order chi connectivity index (χ1) is 10.9. The molecule has 0 amide bonds. The largest absolute Gasteiger partial charge is 0.490 e. The summed E-state index contributed by atoms with van der Waals surface area (Å²) in [6, 6.07) is 4.86. The molecule has 0 aliphatic carbocycles. The van der Waals surface area contributed by atoms with Crippen LogP contribution in [0.4, 0.5) is 0 Å². The summed E-state index contributed by atoms with van der Waals surface area (Å²) in [4.78, 5) is 0.269. The van der Waals surface area contributed by atoms with Gasteiger partial charge in [0.15, 0.2) is 11.5 Å². The highest BCUT2D eigenvalue weighted by molar-refractivity contribution is 7.89. The van der Waals surface area contributed by atoms with Gasteiger partial charge in [-0.15, -0.1) is 0 Å². The van der Waals surface area contributed by atoms with Gasteiger partial charge in [-0.25, -0.2) is 8.42 Å². The van der Waals surface area contributed by atoms with Crippen molar-refractivity contribution in [3.63, 3.8) is 0 Å². The Morgan fingerprint density at radius 2 is 1.61 bits per heavy atom. The van der Waals surface area contributed by atoms with E-state index >= 15 is 0 Å². The van der Waals surface area contributed by atoms with Crippen molar-refractivity contribution < 1.29 is 17.9 Å². The van der Waals surface area contributed by atoms with Crippen molar-refractivity contribution in [3.8, 4) is 11.5 Å². The lowest BCUT2D eigenvalue weighted by atomic mass is 9.94. The highest BCUT2D eigenvalue weighted by Crippen LogP contribution is 2.33. The third-order valence-electron chi connectivity index (χ3n) is 3.99. The maximum atomic E-state index is 12.9. The SMILES string of the molecule is CCOc1ccc(S(=O)(=O)N2C[C@@H](C)C[C@H](C)C2)cc1OCC. The molecule has 130 valence electrons. The zero-order valence-corrected chi connectivity index (χ0v) is 15.2. The summed E-state index contributed by atoms with van der Waals surface area (Å²) in [5.74, 6) is 1.81. The Hall–Kier alpha value is -1.27. The van der Waals surface area contributed by atoms with Crippen LogP contribution < -0.4 is 9.47 Å². The lowest BCUT2D eigenvalue weighted by molar-refractivity contribution is 0.222. The van der Waals surface area contributed by atoms with Crippen LogP contribution in [0.5, 0.6) is 11.5 Å². The summed E-state index contributed by atoms with van der Waals surface area (Å²) >= 11 is 0. The van der Waals surface area contributed by atoms with Crippen LogP contribution in [0, 0.1) is 11.8 Å². The number of hydrogen-bond acceptors (Lipinski definition) is 4. The number of nitrogens with zero attached hydrogens (tertiary/aromatic N) is 1. The molecule has 2 rings (SSSR count). The topological polar surface area (TPSA) is 55.8 Å². The van der Waals surface area contributed by atoms with Crippen LogP contribution in [0.1, 0.15) is 34.1 Å². The van der Waals surface area contributed by atoms with Gasteiger partial charge in [0.05, 0.1) is 18.1 Å². The van der Waals surface area contributed by atoms with Crippen molar-refractivity contribution in [1.29, 1.82) is 0 Å². The van der Waals surface area contributed by atoms with Gasteiger partial charge in [-0.2, -0.15) is 4.31 Å². The molecule has 0 bridgehead atoms. The number of piperidine rings is 1. The van der Waals surface area contributed by atoms with Crippen molar-refractivity contribution in [2.45, 2.75) is 39.0 Å². The molecule has 1 aromatic carbocycles. The van der Waals surface area contributed by atoms with Gasteiger partial charge in [0.1, 0.15) is 0 Å². The van der Waals surface area contributed by atoms with E-state index in [1.165, 1.54) is 0 Å². The number of sulfonamides is 1. The quantitative estimate of drug-likeness (QED) is 0.797. The molecule has 0 unspecified atom stereocenters. The van der Waals surface area contributed by atoms with E-state index in [4.69, 9.17) is 9.47 Å². The molecule has 0 aromatic heterocycles. The number of benzene rings is 1. The fourth-order valence-corrected chi connectivity index (χ4v) is 4.84. The first kappa shape index (κ1) is 18.1. The van der Waals surface area contributed by atoms with Crippen molar-refractivity contribution in [2.24, 2.45) is 11.8 Å². The number of hydrogen-bond donors (Lipinski definition) is 0. The summed E-state index contributed by atoms with van der Waals surface area (Å²) in [6.45, 7) is 10.1. The van der Waals surface area contributed by atoms with Gasteiger partial charge in [0.2, 0.25) is 10.0 Å².